The summed E-state index contributed by atoms with van der Waals surface area (Å²) in [6, 6.07) is 1.68. The highest BCUT2D eigenvalue weighted by atomic mass is 35.5. The zero-order chi connectivity index (χ0) is 13.2. The second-order valence-corrected chi connectivity index (χ2v) is 8.07. The van der Waals surface area contributed by atoms with Crippen molar-refractivity contribution in [1.29, 1.82) is 0 Å². The number of aryl methyl sites for hydroxylation is 1. The molecule has 17 heavy (non-hydrogen) atoms. The molecule has 0 fully saturated rings. The van der Waals surface area contributed by atoms with Crippen LogP contribution in [0.15, 0.2) is 11.0 Å². The maximum absolute atomic E-state index is 12.3. The lowest BCUT2D eigenvalue weighted by atomic mass is 10.2. The van der Waals surface area contributed by atoms with Crippen molar-refractivity contribution < 1.29 is 8.42 Å². The van der Waals surface area contributed by atoms with Crippen LogP contribution < -0.4 is 0 Å². The van der Waals surface area contributed by atoms with Gasteiger partial charge in [0.15, 0.2) is 0 Å². The highest BCUT2D eigenvalue weighted by Gasteiger charge is 2.25. The lowest BCUT2D eigenvalue weighted by molar-refractivity contribution is 0.417. The van der Waals surface area contributed by atoms with Gasteiger partial charge in [0.1, 0.15) is 0 Å². The summed E-state index contributed by atoms with van der Waals surface area (Å²) in [7, 11) is -1.75. The van der Waals surface area contributed by atoms with Crippen LogP contribution in [0.2, 0.25) is 0 Å². The van der Waals surface area contributed by atoms with E-state index in [0.29, 0.717) is 23.2 Å². The average molecular weight is 296 g/mol. The van der Waals surface area contributed by atoms with Gasteiger partial charge in [0, 0.05) is 23.3 Å². The van der Waals surface area contributed by atoms with Crippen molar-refractivity contribution in [1.82, 2.24) is 4.31 Å². The number of halogens is 1. The average Bonchev–Trinajstić information content (AvgIpc) is 2.59. The Morgan fingerprint density at radius 1 is 1.47 bits per heavy atom. The standard InChI is InChI=1S/C11H18ClNO2S2/c1-8(2)7-13(4)17(14,15)11-5-10(6-12)16-9(11)3/h5,8H,6-7H2,1-4H3. The minimum Gasteiger partial charge on any atom is -0.207 e. The molecule has 1 aromatic rings. The first-order valence-corrected chi connectivity index (χ1v) is 8.19. The van der Waals surface area contributed by atoms with Crippen molar-refractivity contribution in [2.24, 2.45) is 5.92 Å². The van der Waals surface area contributed by atoms with E-state index in [4.69, 9.17) is 11.6 Å². The monoisotopic (exact) mass is 295 g/mol. The van der Waals surface area contributed by atoms with Gasteiger partial charge in [0.2, 0.25) is 10.0 Å². The fourth-order valence-electron chi connectivity index (χ4n) is 1.63. The van der Waals surface area contributed by atoms with E-state index in [1.54, 1.807) is 13.1 Å². The van der Waals surface area contributed by atoms with Crippen LogP contribution in [0.25, 0.3) is 0 Å². The van der Waals surface area contributed by atoms with Gasteiger partial charge in [0.25, 0.3) is 0 Å². The zero-order valence-electron chi connectivity index (χ0n) is 10.5. The van der Waals surface area contributed by atoms with E-state index in [0.717, 1.165) is 9.75 Å². The van der Waals surface area contributed by atoms with Crippen molar-refractivity contribution in [2.45, 2.75) is 31.5 Å². The minimum atomic E-state index is -3.37. The van der Waals surface area contributed by atoms with Gasteiger partial charge in [-0.2, -0.15) is 0 Å². The third-order valence-corrected chi connectivity index (χ3v) is 5.94. The van der Waals surface area contributed by atoms with Crippen molar-refractivity contribution in [3.05, 3.63) is 15.8 Å². The van der Waals surface area contributed by atoms with Gasteiger partial charge in [-0.25, -0.2) is 12.7 Å². The highest BCUT2D eigenvalue weighted by molar-refractivity contribution is 7.89. The molecule has 98 valence electrons. The summed E-state index contributed by atoms with van der Waals surface area (Å²) in [6.07, 6.45) is 0. The topological polar surface area (TPSA) is 37.4 Å². The predicted octanol–water partition coefficient (Wildman–Crippen LogP) is 3.07. The number of alkyl halides is 1. The van der Waals surface area contributed by atoms with Crippen molar-refractivity contribution >= 4 is 33.0 Å². The first-order chi connectivity index (χ1) is 7.78. The number of thiophene rings is 1. The molecule has 0 N–H and O–H groups in total. The van der Waals surface area contributed by atoms with Crippen LogP contribution in [0, 0.1) is 12.8 Å². The second-order valence-electron chi connectivity index (χ2n) is 4.45. The van der Waals surface area contributed by atoms with Gasteiger partial charge < -0.3 is 0 Å². The van der Waals surface area contributed by atoms with Gasteiger partial charge in [-0.3, -0.25) is 0 Å². The molecular weight excluding hydrogens is 278 g/mol. The van der Waals surface area contributed by atoms with Crippen molar-refractivity contribution in [3.8, 4) is 0 Å². The Kier molecular flexibility index (Phi) is 5.01. The number of nitrogens with zero attached hydrogens (tertiary/aromatic N) is 1. The van der Waals surface area contributed by atoms with Crippen LogP contribution in [0.1, 0.15) is 23.6 Å². The van der Waals surface area contributed by atoms with Gasteiger partial charge in [-0.1, -0.05) is 13.8 Å². The maximum Gasteiger partial charge on any atom is 0.243 e. The Balaban J connectivity index is 3.08. The summed E-state index contributed by atoms with van der Waals surface area (Å²) < 4.78 is 26.0. The molecule has 0 atom stereocenters. The van der Waals surface area contributed by atoms with Gasteiger partial charge in [-0.05, 0) is 18.9 Å². The molecule has 1 heterocycles. The lowest BCUT2D eigenvalue weighted by Gasteiger charge is -2.18. The fraction of sp³-hybridized carbons (Fsp3) is 0.636. The Bertz CT molecular complexity index is 480. The molecule has 0 amide bonds. The van der Waals surface area contributed by atoms with Gasteiger partial charge in [0.05, 0.1) is 10.8 Å². The van der Waals surface area contributed by atoms with E-state index < -0.39 is 10.0 Å². The molecule has 3 nitrogen and oxygen atoms in total. The molecule has 0 saturated carbocycles. The predicted molar refractivity (Wildman–Crippen MR) is 73.3 cm³/mol. The van der Waals surface area contributed by atoms with Crippen molar-refractivity contribution in [3.63, 3.8) is 0 Å². The molecule has 0 aliphatic heterocycles. The van der Waals surface area contributed by atoms with Crippen molar-refractivity contribution in [2.75, 3.05) is 13.6 Å². The van der Waals surface area contributed by atoms with Crippen LogP contribution in [-0.4, -0.2) is 26.3 Å². The van der Waals surface area contributed by atoms with Crippen LogP contribution in [0.5, 0.6) is 0 Å². The summed E-state index contributed by atoms with van der Waals surface area (Å²) in [5, 5.41) is 0. The number of sulfonamides is 1. The molecule has 6 heteroatoms. The summed E-state index contributed by atoms with van der Waals surface area (Å²) >= 11 is 7.17. The Morgan fingerprint density at radius 2 is 2.06 bits per heavy atom. The van der Waals surface area contributed by atoms with E-state index in [-0.39, 0.29) is 0 Å². The molecule has 0 aliphatic rings. The second kappa shape index (κ2) is 5.69. The molecular formula is C11H18ClNO2S2. The van der Waals surface area contributed by atoms with E-state index in [1.165, 1.54) is 15.6 Å². The van der Waals surface area contributed by atoms with Crippen LogP contribution in [-0.2, 0) is 15.9 Å². The molecule has 1 rings (SSSR count). The van der Waals surface area contributed by atoms with Crippen LogP contribution in [0.3, 0.4) is 0 Å². The third-order valence-electron chi connectivity index (χ3n) is 2.37. The smallest absolute Gasteiger partial charge is 0.207 e. The quantitative estimate of drug-likeness (QED) is 0.783. The van der Waals surface area contributed by atoms with E-state index in [1.807, 2.05) is 20.8 Å². The summed E-state index contributed by atoms with van der Waals surface area (Å²) in [5.41, 5.74) is 0. The fourth-order valence-corrected chi connectivity index (χ4v) is 4.65. The Labute approximate surface area is 112 Å². The molecule has 0 radical (unpaired) electrons. The SMILES string of the molecule is Cc1sc(CCl)cc1S(=O)(=O)N(C)CC(C)C. The minimum absolute atomic E-state index is 0.307. The number of rotatable bonds is 5. The highest BCUT2D eigenvalue weighted by Crippen LogP contribution is 2.28. The largest absolute Gasteiger partial charge is 0.243 e. The first kappa shape index (κ1) is 15.0. The summed E-state index contributed by atoms with van der Waals surface area (Å²) in [6.45, 7) is 6.33. The first-order valence-electron chi connectivity index (χ1n) is 5.40. The summed E-state index contributed by atoms with van der Waals surface area (Å²) in [5.74, 6) is 0.663. The molecule has 0 unspecified atom stereocenters. The molecule has 0 saturated heterocycles. The van der Waals surface area contributed by atoms with Gasteiger partial charge in [-0.15, -0.1) is 22.9 Å². The van der Waals surface area contributed by atoms with E-state index >= 15 is 0 Å². The molecule has 0 aliphatic carbocycles. The number of hydrogen-bond acceptors (Lipinski definition) is 3. The summed E-state index contributed by atoms with van der Waals surface area (Å²) in [4.78, 5) is 2.08. The van der Waals surface area contributed by atoms with Crippen LogP contribution in [0.4, 0.5) is 0 Å². The maximum atomic E-state index is 12.3. The third kappa shape index (κ3) is 3.44. The molecule has 0 aromatic carbocycles. The van der Waals surface area contributed by atoms with Gasteiger partial charge >= 0.3 is 0 Å². The Morgan fingerprint density at radius 3 is 2.47 bits per heavy atom. The Hall–Kier alpha value is -0.100. The van der Waals surface area contributed by atoms with Crippen LogP contribution >= 0.6 is 22.9 Å². The van der Waals surface area contributed by atoms with E-state index in [9.17, 15) is 8.42 Å². The normalized spacial score (nSPS) is 12.6. The lowest BCUT2D eigenvalue weighted by Crippen LogP contribution is -2.30. The van der Waals surface area contributed by atoms with E-state index in [2.05, 4.69) is 0 Å². The molecule has 1 aromatic heterocycles. The molecule has 0 spiro atoms. The molecule has 0 bridgehead atoms. The number of hydrogen-bond donors (Lipinski definition) is 0. The zero-order valence-corrected chi connectivity index (χ0v) is 12.9.